The summed E-state index contributed by atoms with van der Waals surface area (Å²) in [6.07, 6.45) is 3.14. The minimum atomic E-state index is -1.35. The van der Waals surface area contributed by atoms with Crippen LogP contribution < -0.4 is 5.46 Å². The van der Waals surface area contributed by atoms with Crippen LogP contribution in [0.1, 0.15) is 44.5 Å². The molecule has 4 aromatic carbocycles. The van der Waals surface area contributed by atoms with Crippen LogP contribution in [0, 0.1) is 55.4 Å². The van der Waals surface area contributed by atoms with Crippen molar-refractivity contribution in [2.75, 3.05) is 0 Å². The topological polar surface area (TPSA) is 92.0 Å². The van der Waals surface area contributed by atoms with Crippen LogP contribution in [-0.4, -0.2) is 37.1 Å². The Morgan fingerprint density at radius 1 is 0.479 bits per heavy atom. The van der Waals surface area contributed by atoms with E-state index in [9.17, 15) is 0 Å². The molecular formula is C40H42BClN4O2. The van der Waals surface area contributed by atoms with Gasteiger partial charge in [0.15, 0.2) is 0 Å². The number of halogens is 1. The lowest BCUT2D eigenvalue weighted by Gasteiger charge is -2.10. The van der Waals surface area contributed by atoms with Gasteiger partial charge < -0.3 is 10.0 Å². The first-order valence-electron chi connectivity index (χ1n) is 15.8. The van der Waals surface area contributed by atoms with E-state index < -0.39 is 7.12 Å². The molecule has 0 aliphatic carbocycles. The Hall–Kier alpha value is -4.69. The molecule has 6 aromatic rings. The van der Waals surface area contributed by atoms with Crippen LogP contribution in [0.2, 0.25) is 5.15 Å². The summed E-state index contributed by atoms with van der Waals surface area (Å²) in [7, 11) is -1.35. The van der Waals surface area contributed by atoms with Crippen molar-refractivity contribution >= 4 is 24.2 Å². The third kappa shape index (κ3) is 9.67. The lowest BCUT2D eigenvalue weighted by Crippen LogP contribution is -2.34. The van der Waals surface area contributed by atoms with Gasteiger partial charge in [-0.05, 0) is 102 Å². The second-order valence-corrected chi connectivity index (χ2v) is 12.6. The first-order valence-corrected chi connectivity index (χ1v) is 16.2. The second kappa shape index (κ2) is 16.4. The summed E-state index contributed by atoms with van der Waals surface area (Å²) in [5, 5.41) is 18.4. The molecule has 2 N–H and O–H groups in total. The highest BCUT2D eigenvalue weighted by molar-refractivity contribution is 6.59. The molecule has 0 bridgehead atoms. The molecule has 0 aliphatic heterocycles. The van der Waals surface area contributed by atoms with E-state index in [4.69, 9.17) is 21.6 Å². The molecule has 6 rings (SSSR count). The van der Waals surface area contributed by atoms with Crippen LogP contribution >= 0.6 is 11.6 Å². The van der Waals surface area contributed by atoms with Gasteiger partial charge in [0.25, 0.3) is 0 Å². The van der Waals surface area contributed by atoms with Crippen molar-refractivity contribution in [2.45, 2.75) is 55.4 Å². The molecule has 6 nitrogen and oxygen atoms in total. The van der Waals surface area contributed by atoms with Gasteiger partial charge in [-0.2, -0.15) is 0 Å². The van der Waals surface area contributed by atoms with Crippen LogP contribution in [0.25, 0.3) is 33.8 Å². The summed E-state index contributed by atoms with van der Waals surface area (Å²) < 4.78 is 0. The Morgan fingerprint density at radius 2 is 0.875 bits per heavy atom. The molecule has 0 unspecified atom stereocenters. The Labute approximate surface area is 289 Å². The van der Waals surface area contributed by atoms with Crippen molar-refractivity contribution in [2.24, 2.45) is 0 Å². The molecule has 0 radical (unpaired) electrons. The Balaban J connectivity index is 0.000000174. The van der Waals surface area contributed by atoms with E-state index in [0.29, 0.717) is 10.6 Å². The number of rotatable bonds is 4. The number of hydrogen-bond donors (Lipinski definition) is 2. The molecular weight excluding hydrogens is 615 g/mol. The Kier molecular flexibility index (Phi) is 12.4. The summed E-state index contributed by atoms with van der Waals surface area (Å²) in [4.78, 5) is 17.0. The molecule has 0 saturated carbocycles. The molecule has 244 valence electrons. The smallest absolute Gasteiger partial charge is 0.423 e. The van der Waals surface area contributed by atoms with Gasteiger partial charge >= 0.3 is 7.12 Å². The standard InChI is InChI=1S/C20H20N2.C12H11ClN2.C8H11BO2/c1-13-8-14(2)10-17(9-13)18-11-19(22-12-21-18)20-15(3)6-5-7-16(20)4;1-8-3-9(2)5-10(4-8)11-6-12(13)15-7-14-11;1-6-4-3-5-7(2)8(6)9(10)11/h5-12H,1-4H3;3-7H,1-2H3;3-5,10-11H,1-2H3. The maximum atomic E-state index is 8.94. The molecule has 8 heteroatoms. The predicted octanol–water partition coefficient (Wildman–Crippen LogP) is 8.44. The molecule has 0 aliphatic rings. The average Bonchev–Trinajstić information content (AvgIpc) is 3.01. The van der Waals surface area contributed by atoms with Crippen molar-refractivity contribution in [3.8, 4) is 33.8 Å². The van der Waals surface area contributed by atoms with Crippen LogP contribution in [0.3, 0.4) is 0 Å². The van der Waals surface area contributed by atoms with Gasteiger partial charge in [-0.15, -0.1) is 0 Å². The van der Waals surface area contributed by atoms with E-state index in [1.807, 2.05) is 32.0 Å². The largest absolute Gasteiger partial charge is 0.488 e. The fourth-order valence-electron chi connectivity index (χ4n) is 5.84. The zero-order valence-electron chi connectivity index (χ0n) is 28.9. The highest BCUT2D eigenvalue weighted by Gasteiger charge is 2.15. The highest BCUT2D eigenvalue weighted by atomic mass is 35.5. The maximum Gasteiger partial charge on any atom is 0.488 e. The van der Waals surface area contributed by atoms with Crippen LogP contribution in [-0.2, 0) is 0 Å². The van der Waals surface area contributed by atoms with Crippen molar-refractivity contribution in [1.29, 1.82) is 0 Å². The van der Waals surface area contributed by atoms with Crippen molar-refractivity contribution in [3.63, 3.8) is 0 Å². The lowest BCUT2D eigenvalue weighted by atomic mass is 9.74. The third-order valence-corrected chi connectivity index (χ3v) is 8.08. The summed E-state index contributed by atoms with van der Waals surface area (Å²) in [5.41, 5.74) is 16.1. The molecule has 2 aromatic heterocycles. The number of aromatic nitrogens is 4. The van der Waals surface area contributed by atoms with E-state index in [2.05, 4.69) is 122 Å². The van der Waals surface area contributed by atoms with Gasteiger partial charge in [0.05, 0.1) is 17.1 Å². The normalized spacial score (nSPS) is 10.4. The second-order valence-electron chi connectivity index (χ2n) is 12.2. The van der Waals surface area contributed by atoms with Gasteiger partial charge in [0.2, 0.25) is 0 Å². The molecule has 0 atom stereocenters. The quantitative estimate of drug-likeness (QED) is 0.146. The van der Waals surface area contributed by atoms with Gasteiger partial charge in [0.1, 0.15) is 17.8 Å². The molecule has 0 fully saturated rings. The first kappa shape index (κ1) is 36.2. The van der Waals surface area contributed by atoms with E-state index in [-0.39, 0.29) is 0 Å². The maximum absolute atomic E-state index is 8.94. The molecule has 0 saturated heterocycles. The van der Waals surface area contributed by atoms with Crippen LogP contribution in [0.5, 0.6) is 0 Å². The van der Waals surface area contributed by atoms with Crippen molar-refractivity contribution in [3.05, 3.63) is 147 Å². The summed E-state index contributed by atoms with van der Waals surface area (Å²) in [6.45, 7) is 16.3. The molecule has 48 heavy (non-hydrogen) atoms. The van der Waals surface area contributed by atoms with E-state index in [1.54, 1.807) is 12.4 Å². The van der Waals surface area contributed by atoms with E-state index in [1.165, 1.54) is 45.3 Å². The summed E-state index contributed by atoms with van der Waals surface area (Å²) in [6, 6.07) is 28.6. The fraction of sp³-hybridized carbons (Fsp3) is 0.200. The van der Waals surface area contributed by atoms with Gasteiger partial charge in [-0.3, -0.25) is 0 Å². The van der Waals surface area contributed by atoms with Crippen LogP contribution in [0.4, 0.5) is 0 Å². The van der Waals surface area contributed by atoms with E-state index >= 15 is 0 Å². The zero-order chi connectivity index (χ0) is 35.0. The lowest BCUT2D eigenvalue weighted by molar-refractivity contribution is 0.425. The van der Waals surface area contributed by atoms with Crippen LogP contribution in [0.15, 0.2) is 97.6 Å². The van der Waals surface area contributed by atoms with Gasteiger partial charge in [-0.25, -0.2) is 19.9 Å². The van der Waals surface area contributed by atoms with Crippen molar-refractivity contribution < 1.29 is 10.0 Å². The SMILES string of the molecule is Cc1cc(C)cc(-c2cc(-c3c(C)cccc3C)ncn2)c1.Cc1cc(C)cc(-c2cc(Cl)ncn2)c1.Cc1cccc(C)c1B(O)O. The highest BCUT2D eigenvalue weighted by Crippen LogP contribution is 2.28. The average molecular weight is 657 g/mol. The number of aryl methyl sites for hydroxylation is 8. The first-order chi connectivity index (χ1) is 22.8. The number of nitrogens with zero attached hydrogens (tertiary/aromatic N) is 4. The molecule has 0 amide bonds. The molecule has 0 spiro atoms. The predicted molar refractivity (Wildman–Crippen MR) is 200 cm³/mol. The summed E-state index contributed by atoms with van der Waals surface area (Å²) in [5.74, 6) is 0. The van der Waals surface area contributed by atoms with Gasteiger partial charge in [0, 0.05) is 22.8 Å². The third-order valence-electron chi connectivity index (χ3n) is 7.87. The minimum Gasteiger partial charge on any atom is -0.423 e. The Morgan fingerprint density at radius 3 is 1.29 bits per heavy atom. The Bertz CT molecular complexity index is 1950. The fourth-order valence-corrected chi connectivity index (χ4v) is 5.99. The summed E-state index contributed by atoms with van der Waals surface area (Å²) >= 11 is 5.82. The zero-order valence-corrected chi connectivity index (χ0v) is 29.6. The van der Waals surface area contributed by atoms with E-state index in [0.717, 1.165) is 39.3 Å². The number of benzene rings is 4. The monoisotopic (exact) mass is 656 g/mol. The number of hydrogen-bond acceptors (Lipinski definition) is 6. The minimum absolute atomic E-state index is 0.471. The molecule has 2 heterocycles. The van der Waals surface area contributed by atoms with Gasteiger partial charge in [-0.1, -0.05) is 93.5 Å². The van der Waals surface area contributed by atoms with Crippen molar-refractivity contribution in [1.82, 2.24) is 19.9 Å².